The predicted molar refractivity (Wildman–Crippen MR) is 59.9 cm³/mol. The molecule has 0 saturated carbocycles. The third-order valence-corrected chi connectivity index (χ3v) is 2.79. The number of hydrogen-bond donors (Lipinski definition) is 2. The number of rotatable bonds is 2. The number of urea groups is 1. The SMILES string of the molecule is CC1CCN(C(=O)N(C)CC(=N)N)CC1. The molecule has 0 bridgehead atoms. The molecular weight excluding hydrogens is 192 g/mol. The number of nitrogens with one attached hydrogen (secondary N) is 1. The fraction of sp³-hybridized carbons (Fsp3) is 0.800. The lowest BCUT2D eigenvalue weighted by molar-refractivity contribution is 0.147. The molecule has 86 valence electrons. The second-order valence-electron chi connectivity index (χ2n) is 4.33. The molecular formula is C10H20N4O. The lowest BCUT2D eigenvalue weighted by Gasteiger charge is -2.33. The molecule has 0 aliphatic carbocycles. The van der Waals surface area contributed by atoms with Crippen molar-refractivity contribution in [1.82, 2.24) is 9.80 Å². The standard InChI is InChI=1S/C10H20N4O/c1-8-3-5-14(6-4-8)10(15)13(2)7-9(11)12/h8H,3-7H2,1-2H3,(H3,11,12). The monoisotopic (exact) mass is 212 g/mol. The summed E-state index contributed by atoms with van der Waals surface area (Å²) in [6, 6.07) is -0.0166. The molecule has 0 aromatic carbocycles. The van der Waals surface area contributed by atoms with Gasteiger partial charge in [-0.3, -0.25) is 5.41 Å². The maximum atomic E-state index is 11.8. The van der Waals surface area contributed by atoms with Gasteiger partial charge < -0.3 is 15.5 Å². The quantitative estimate of drug-likeness (QED) is 0.522. The Bertz CT molecular complexity index is 246. The van der Waals surface area contributed by atoms with Crippen molar-refractivity contribution >= 4 is 11.9 Å². The Morgan fingerprint density at radius 2 is 2.07 bits per heavy atom. The number of carbonyl (C=O) groups excluding carboxylic acids is 1. The van der Waals surface area contributed by atoms with E-state index in [2.05, 4.69) is 6.92 Å². The second-order valence-corrected chi connectivity index (χ2v) is 4.33. The first kappa shape index (κ1) is 11.8. The van der Waals surface area contributed by atoms with Gasteiger partial charge in [0.2, 0.25) is 0 Å². The van der Waals surface area contributed by atoms with Gasteiger partial charge in [0.25, 0.3) is 0 Å². The molecule has 1 aliphatic heterocycles. The predicted octanol–water partition coefficient (Wildman–Crippen LogP) is 0.706. The molecule has 1 rings (SSSR count). The summed E-state index contributed by atoms with van der Waals surface area (Å²) in [4.78, 5) is 15.2. The van der Waals surface area contributed by atoms with Crippen LogP contribution in [0, 0.1) is 11.3 Å². The van der Waals surface area contributed by atoms with Crippen LogP contribution in [0.2, 0.25) is 0 Å². The van der Waals surface area contributed by atoms with E-state index in [-0.39, 0.29) is 18.4 Å². The van der Waals surface area contributed by atoms with Crippen LogP contribution < -0.4 is 5.73 Å². The molecule has 0 radical (unpaired) electrons. The summed E-state index contributed by atoms with van der Waals surface area (Å²) in [5.41, 5.74) is 5.25. The second kappa shape index (κ2) is 5.00. The van der Waals surface area contributed by atoms with E-state index in [0.717, 1.165) is 25.9 Å². The average molecular weight is 212 g/mol. The molecule has 1 heterocycles. The van der Waals surface area contributed by atoms with Gasteiger partial charge in [-0.25, -0.2) is 4.79 Å². The Balaban J connectivity index is 2.42. The molecule has 5 heteroatoms. The van der Waals surface area contributed by atoms with Gasteiger partial charge in [0, 0.05) is 20.1 Å². The van der Waals surface area contributed by atoms with Gasteiger partial charge in [0.15, 0.2) is 0 Å². The van der Waals surface area contributed by atoms with E-state index in [9.17, 15) is 4.79 Å². The Labute approximate surface area is 90.7 Å². The minimum Gasteiger partial charge on any atom is -0.386 e. The molecule has 1 aliphatic rings. The lowest BCUT2D eigenvalue weighted by atomic mass is 10.00. The first-order chi connectivity index (χ1) is 7.00. The van der Waals surface area contributed by atoms with Gasteiger partial charge in [-0.05, 0) is 18.8 Å². The van der Waals surface area contributed by atoms with Gasteiger partial charge in [-0.15, -0.1) is 0 Å². The van der Waals surface area contributed by atoms with Crippen LogP contribution in [0.25, 0.3) is 0 Å². The summed E-state index contributed by atoms with van der Waals surface area (Å²) in [6.07, 6.45) is 2.14. The molecule has 3 N–H and O–H groups in total. The normalized spacial score (nSPS) is 17.6. The number of amidine groups is 1. The van der Waals surface area contributed by atoms with E-state index in [1.54, 1.807) is 7.05 Å². The highest BCUT2D eigenvalue weighted by atomic mass is 16.2. The molecule has 0 atom stereocenters. The number of hydrogen-bond acceptors (Lipinski definition) is 2. The zero-order valence-electron chi connectivity index (χ0n) is 9.49. The summed E-state index contributed by atoms with van der Waals surface area (Å²) in [7, 11) is 1.68. The van der Waals surface area contributed by atoms with Crippen LogP contribution in [0.3, 0.4) is 0 Å². The van der Waals surface area contributed by atoms with E-state index in [1.165, 1.54) is 4.90 Å². The zero-order valence-corrected chi connectivity index (χ0v) is 9.49. The van der Waals surface area contributed by atoms with Crippen LogP contribution >= 0.6 is 0 Å². The molecule has 0 aromatic rings. The van der Waals surface area contributed by atoms with Crippen LogP contribution in [-0.4, -0.2) is 48.3 Å². The van der Waals surface area contributed by atoms with Crippen molar-refractivity contribution in [2.75, 3.05) is 26.7 Å². The molecule has 0 aromatic heterocycles. The van der Waals surface area contributed by atoms with Crippen LogP contribution in [0.1, 0.15) is 19.8 Å². The summed E-state index contributed by atoms with van der Waals surface area (Å²) in [5.74, 6) is 0.739. The molecule has 0 unspecified atom stereocenters. The van der Waals surface area contributed by atoms with Gasteiger partial charge >= 0.3 is 6.03 Å². The maximum Gasteiger partial charge on any atom is 0.320 e. The van der Waals surface area contributed by atoms with Crippen molar-refractivity contribution in [3.63, 3.8) is 0 Å². The van der Waals surface area contributed by atoms with Crippen molar-refractivity contribution in [2.45, 2.75) is 19.8 Å². The van der Waals surface area contributed by atoms with Crippen molar-refractivity contribution in [3.05, 3.63) is 0 Å². The van der Waals surface area contributed by atoms with E-state index in [4.69, 9.17) is 11.1 Å². The Kier molecular flexibility index (Phi) is 3.94. The van der Waals surface area contributed by atoms with Crippen molar-refractivity contribution in [2.24, 2.45) is 11.7 Å². The first-order valence-corrected chi connectivity index (χ1v) is 5.33. The van der Waals surface area contributed by atoms with E-state index in [1.807, 2.05) is 4.90 Å². The fourth-order valence-corrected chi connectivity index (χ4v) is 1.76. The van der Waals surface area contributed by atoms with Gasteiger partial charge in [0.1, 0.15) is 5.84 Å². The minimum atomic E-state index is -0.0166. The summed E-state index contributed by atoms with van der Waals surface area (Å²) in [5, 5.41) is 7.13. The molecule has 15 heavy (non-hydrogen) atoms. The smallest absolute Gasteiger partial charge is 0.320 e. The summed E-state index contributed by atoms with van der Waals surface area (Å²) >= 11 is 0. The highest BCUT2D eigenvalue weighted by molar-refractivity contribution is 5.84. The first-order valence-electron chi connectivity index (χ1n) is 5.33. The topological polar surface area (TPSA) is 73.4 Å². The molecule has 2 amide bonds. The maximum absolute atomic E-state index is 11.8. The number of nitrogens with two attached hydrogens (primary N) is 1. The van der Waals surface area contributed by atoms with Crippen molar-refractivity contribution in [3.8, 4) is 0 Å². The number of carbonyl (C=O) groups is 1. The minimum absolute atomic E-state index is 0.0166. The molecule has 1 fully saturated rings. The third-order valence-electron chi connectivity index (χ3n) is 2.79. The van der Waals surface area contributed by atoms with E-state index >= 15 is 0 Å². The molecule has 5 nitrogen and oxygen atoms in total. The molecule has 0 spiro atoms. The van der Waals surface area contributed by atoms with Crippen molar-refractivity contribution < 1.29 is 4.79 Å². The highest BCUT2D eigenvalue weighted by Gasteiger charge is 2.22. The Hall–Kier alpha value is -1.26. The average Bonchev–Trinajstić information content (AvgIpc) is 2.17. The largest absolute Gasteiger partial charge is 0.386 e. The van der Waals surface area contributed by atoms with Crippen LogP contribution in [0.4, 0.5) is 4.79 Å². The number of piperidine rings is 1. The van der Waals surface area contributed by atoms with E-state index < -0.39 is 0 Å². The number of nitrogens with zero attached hydrogens (tertiary/aromatic N) is 2. The summed E-state index contributed by atoms with van der Waals surface area (Å²) in [6.45, 7) is 4.07. The number of amides is 2. The van der Waals surface area contributed by atoms with E-state index in [0.29, 0.717) is 5.92 Å². The number of likely N-dealkylation sites (N-methyl/N-ethyl adjacent to an activating group) is 1. The lowest BCUT2D eigenvalue weighted by Crippen LogP contribution is -2.47. The highest BCUT2D eigenvalue weighted by Crippen LogP contribution is 2.16. The number of likely N-dealkylation sites (tertiary alicyclic amines) is 1. The van der Waals surface area contributed by atoms with Crippen LogP contribution in [0.15, 0.2) is 0 Å². The third kappa shape index (κ3) is 3.42. The van der Waals surface area contributed by atoms with Crippen molar-refractivity contribution in [1.29, 1.82) is 5.41 Å². The zero-order chi connectivity index (χ0) is 11.4. The van der Waals surface area contributed by atoms with Gasteiger partial charge in [-0.2, -0.15) is 0 Å². The van der Waals surface area contributed by atoms with Gasteiger partial charge in [0.05, 0.1) is 6.54 Å². The van der Waals surface area contributed by atoms with Crippen LogP contribution in [-0.2, 0) is 0 Å². The van der Waals surface area contributed by atoms with Crippen LogP contribution in [0.5, 0.6) is 0 Å². The summed E-state index contributed by atoms with van der Waals surface area (Å²) < 4.78 is 0. The molecule has 1 saturated heterocycles. The van der Waals surface area contributed by atoms with Gasteiger partial charge in [-0.1, -0.05) is 6.92 Å². The fourth-order valence-electron chi connectivity index (χ4n) is 1.76. The Morgan fingerprint density at radius 3 is 2.53 bits per heavy atom. The Morgan fingerprint density at radius 1 is 1.53 bits per heavy atom.